The van der Waals surface area contributed by atoms with Gasteiger partial charge in [-0.2, -0.15) is 0 Å². The minimum absolute atomic E-state index is 0.0780. The summed E-state index contributed by atoms with van der Waals surface area (Å²) in [7, 11) is 0. The Labute approximate surface area is 113 Å². The Bertz CT molecular complexity index is 571. The van der Waals surface area contributed by atoms with Gasteiger partial charge in [0.2, 0.25) is 0 Å². The fourth-order valence-electron chi connectivity index (χ4n) is 1.82. The van der Waals surface area contributed by atoms with Crippen molar-refractivity contribution in [1.29, 1.82) is 0 Å². The third-order valence-electron chi connectivity index (χ3n) is 2.86. The molecule has 0 radical (unpaired) electrons. The second-order valence-corrected chi connectivity index (χ2v) is 4.31. The number of carbonyl (C=O) groups excluding carboxylic acids is 1. The molecule has 0 spiro atoms. The molecule has 0 aliphatic heterocycles. The van der Waals surface area contributed by atoms with Gasteiger partial charge in [0.05, 0.1) is 0 Å². The molecule has 96 valence electrons. The first-order valence-electron chi connectivity index (χ1n) is 6.32. The van der Waals surface area contributed by atoms with Crippen LogP contribution in [0.3, 0.4) is 0 Å². The van der Waals surface area contributed by atoms with Crippen LogP contribution in [0.2, 0.25) is 0 Å². The van der Waals surface area contributed by atoms with E-state index in [1.54, 1.807) is 12.1 Å². The summed E-state index contributed by atoms with van der Waals surface area (Å²) in [5, 5.41) is 0. The van der Waals surface area contributed by atoms with Gasteiger partial charge in [0.1, 0.15) is 0 Å². The van der Waals surface area contributed by atoms with Crippen molar-refractivity contribution in [2.75, 3.05) is 0 Å². The topological polar surface area (TPSA) is 42.9 Å². The first-order chi connectivity index (χ1) is 9.24. The standard InChI is InChI=1S/C16H16N2O/c1-3-5-12-10-17-16(18-11-12)14-8-6-13(7-9-14)15(19)4-2/h4,6-11H,2-3,5H2,1H3. The average molecular weight is 252 g/mol. The van der Waals surface area contributed by atoms with Crippen LogP contribution < -0.4 is 0 Å². The molecule has 2 rings (SSSR count). The Morgan fingerprint density at radius 1 is 1.21 bits per heavy atom. The molecule has 0 unspecified atom stereocenters. The zero-order valence-corrected chi connectivity index (χ0v) is 11.0. The van der Waals surface area contributed by atoms with Gasteiger partial charge in [-0.05, 0) is 18.1 Å². The molecular formula is C16H16N2O. The van der Waals surface area contributed by atoms with E-state index < -0.39 is 0 Å². The van der Waals surface area contributed by atoms with E-state index in [1.807, 2.05) is 24.5 Å². The maximum Gasteiger partial charge on any atom is 0.185 e. The molecule has 0 aliphatic carbocycles. The van der Waals surface area contributed by atoms with E-state index in [2.05, 4.69) is 23.5 Å². The highest BCUT2D eigenvalue weighted by Gasteiger charge is 2.04. The van der Waals surface area contributed by atoms with E-state index in [-0.39, 0.29) is 5.78 Å². The Morgan fingerprint density at radius 2 is 1.84 bits per heavy atom. The lowest BCUT2D eigenvalue weighted by molar-refractivity contribution is 0.104. The van der Waals surface area contributed by atoms with Crippen molar-refractivity contribution in [2.45, 2.75) is 19.8 Å². The van der Waals surface area contributed by atoms with E-state index in [4.69, 9.17) is 0 Å². The van der Waals surface area contributed by atoms with E-state index in [0.29, 0.717) is 11.4 Å². The molecule has 0 atom stereocenters. The minimum atomic E-state index is -0.0780. The third-order valence-corrected chi connectivity index (χ3v) is 2.86. The molecule has 3 nitrogen and oxygen atoms in total. The Balaban J connectivity index is 2.22. The number of hydrogen-bond acceptors (Lipinski definition) is 3. The number of aryl methyl sites for hydroxylation is 1. The lowest BCUT2D eigenvalue weighted by Crippen LogP contribution is -1.95. The van der Waals surface area contributed by atoms with Crippen LogP contribution in [0, 0.1) is 0 Å². The van der Waals surface area contributed by atoms with Crippen LogP contribution in [-0.2, 0) is 6.42 Å². The minimum Gasteiger partial charge on any atom is -0.289 e. The van der Waals surface area contributed by atoms with Crippen molar-refractivity contribution in [3.63, 3.8) is 0 Å². The van der Waals surface area contributed by atoms with Crippen LogP contribution in [0.1, 0.15) is 29.3 Å². The smallest absolute Gasteiger partial charge is 0.185 e. The van der Waals surface area contributed by atoms with Crippen molar-refractivity contribution in [2.24, 2.45) is 0 Å². The summed E-state index contributed by atoms with van der Waals surface area (Å²) in [5.74, 6) is 0.600. The van der Waals surface area contributed by atoms with Gasteiger partial charge in [-0.25, -0.2) is 9.97 Å². The molecule has 0 saturated carbocycles. The number of nitrogens with zero attached hydrogens (tertiary/aromatic N) is 2. The molecule has 1 aromatic heterocycles. The van der Waals surface area contributed by atoms with Crippen molar-refractivity contribution >= 4 is 5.78 Å². The van der Waals surface area contributed by atoms with Crippen LogP contribution in [0.5, 0.6) is 0 Å². The number of allylic oxidation sites excluding steroid dienone is 1. The van der Waals surface area contributed by atoms with Gasteiger partial charge in [0.25, 0.3) is 0 Å². The fraction of sp³-hybridized carbons (Fsp3) is 0.188. The molecule has 0 N–H and O–H groups in total. The van der Waals surface area contributed by atoms with Crippen LogP contribution in [0.4, 0.5) is 0 Å². The summed E-state index contributed by atoms with van der Waals surface area (Å²) >= 11 is 0. The molecule has 3 heteroatoms. The SMILES string of the molecule is C=CC(=O)c1ccc(-c2ncc(CCC)cn2)cc1. The molecule has 0 amide bonds. The Morgan fingerprint density at radius 3 is 2.37 bits per heavy atom. The van der Waals surface area contributed by atoms with Crippen molar-refractivity contribution in [3.05, 3.63) is 60.4 Å². The summed E-state index contributed by atoms with van der Waals surface area (Å²) in [6.45, 7) is 5.60. The van der Waals surface area contributed by atoms with E-state index >= 15 is 0 Å². The Hall–Kier alpha value is -2.29. The summed E-state index contributed by atoms with van der Waals surface area (Å²) in [6, 6.07) is 7.24. The van der Waals surface area contributed by atoms with E-state index in [1.165, 1.54) is 6.08 Å². The van der Waals surface area contributed by atoms with Gasteiger partial charge < -0.3 is 0 Å². The maximum atomic E-state index is 11.4. The highest BCUT2D eigenvalue weighted by Crippen LogP contribution is 2.16. The van der Waals surface area contributed by atoms with Crippen molar-refractivity contribution in [3.8, 4) is 11.4 Å². The van der Waals surface area contributed by atoms with Gasteiger partial charge in [-0.3, -0.25) is 4.79 Å². The first kappa shape index (κ1) is 13.1. The number of aromatic nitrogens is 2. The van der Waals surface area contributed by atoms with Crippen LogP contribution in [0.25, 0.3) is 11.4 Å². The monoisotopic (exact) mass is 252 g/mol. The first-order valence-corrected chi connectivity index (χ1v) is 6.32. The average Bonchev–Trinajstić information content (AvgIpc) is 2.48. The highest BCUT2D eigenvalue weighted by atomic mass is 16.1. The van der Waals surface area contributed by atoms with Crippen LogP contribution >= 0.6 is 0 Å². The van der Waals surface area contributed by atoms with E-state index in [9.17, 15) is 4.79 Å². The van der Waals surface area contributed by atoms with Crippen LogP contribution in [-0.4, -0.2) is 15.8 Å². The Kier molecular flexibility index (Phi) is 4.18. The van der Waals surface area contributed by atoms with Gasteiger partial charge in [0, 0.05) is 23.5 Å². The molecule has 0 aliphatic rings. The molecule has 2 aromatic rings. The van der Waals surface area contributed by atoms with Crippen molar-refractivity contribution < 1.29 is 4.79 Å². The van der Waals surface area contributed by atoms with E-state index in [0.717, 1.165) is 24.0 Å². The van der Waals surface area contributed by atoms with Gasteiger partial charge in [-0.15, -0.1) is 0 Å². The second-order valence-electron chi connectivity index (χ2n) is 4.31. The molecule has 19 heavy (non-hydrogen) atoms. The number of carbonyl (C=O) groups is 1. The number of hydrogen-bond donors (Lipinski definition) is 0. The summed E-state index contributed by atoms with van der Waals surface area (Å²) < 4.78 is 0. The predicted octanol–water partition coefficient (Wildman–Crippen LogP) is 3.46. The van der Waals surface area contributed by atoms with Gasteiger partial charge >= 0.3 is 0 Å². The molecule has 0 saturated heterocycles. The fourth-order valence-corrected chi connectivity index (χ4v) is 1.82. The highest BCUT2D eigenvalue weighted by molar-refractivity contribution is 6.04. The third kappa shape index (κ3) is 3.13. The summed E-state index contributed by atoms with van der Waals surface area (Å²) in [6.07, 6.45) is 7.10. The number of benzene rings is 1. The zero-order valence-electron chi connectivity index (χ0n) is 11.0. The molecule has 1 aromatic carbocycles. The van der Waals surface area contributed by atoms with Crippen molar-refractivity contribution in [1.82, 2.24) is 9.97 Å². The zero-order chi connectivity index (χ0) is 13.7. The van der Waals surface area contributed by atoms with Crippen LogP contribution in [0.15, 0.2) is 49.3 Å². The largest absolute Gasteiger partial charge is 0.289 e. The normalized spacial score (nSPS) is 10.2. The summed E-state index contributed by atoms with van der Waals surface area (Å²) in [4.78, 5) is 20.1. The molecule has 1 heterocycles. The molecular weight excluding hydrogens is 236 g/mol. The number of ketones is 1. The quantitative estimate of drug-likeness (QED) is 0.604. The second kappa shape index (κ2) is 6.05. The lowest BCUT2D eigenvalue weighted by atomic mass is 10.1. The summed E-state index contributed by atoms with van der Waals surface area (Å²) in [5.41, 5.74) is 2.68. The van der Waals surface area contributed by atoms with Gasteiger partial charge in [0.15, 0.2) is 11.6 Å². The van der Waals surface area contributed by atoms with Gasteiger partial charge in [-0.1, -0.05) is 44.2 Å². The lowest BCUT2D eigenvalue weighted by Gasteiger charge is -2.02. The molecule has 0 fully saturated rings. The molecule has 0 bridgehead atoms. The number of rotatable bonds is 5. The predicted molar refractivity (Wildman–Crippen MR) is 76.0 cm³/mol. The maximum absolute atomic E-state index is 11.4.